The number of likely N-dealkylation sites (tertiary alicyclic amines) is 1. The Bertz CT molecular complexity index is 338. The highest BCUT2D eigenvalue weighted by atomic mass is 16.6. The van der Waals surface area contributed by atoms with Gasteiger partial charge in [-0.05, 0) is 33.6 Å². The summed E-state index contributed by atoms with van der Waals surface area (Å²) in [7, 11) is 0. The van der Waals surface area contributed by atoms with Gasteiger partial charge in [0.2, 0.25) is 5.91 Å². The van der Waals surface area contributed by atoms with Crippen LogP contribution in [0.25, 0.3) is 0 Å². The molecule has 5 heteroatoms. The fourth-order valence-corrected chi connectivity index (χ4v) is 2.26. The second kappa shape index (κ2) is 3.89. The van der Waals surface area contributed by atoms with Crippen LogP contribution < -0.4 is 5.32 Å². The van der Waals surface area contributed by atoms with Gasteiger partial charge in [-0.1, -0.05) is 0 Å². The Balaban J connectivity index is 1.87. The van der Waals surface area contributed by atoms with Crippen LogP contribution >= 0.6 is 0 Å². The van der Waals surface area contributed by atoms with E-state index in [1.807, 2.05) is 20.8 Å². The predicted molar refractivity (Wildman–Crippen MR) is 62.5 cm³/mol. The molecule has 2 saturated heterocycles. The molecular weight excluding hydrogens is 220 g/mol. The van der Waals surface area contributed by atoms with Crippen molar-refractivity contribution < 1.29 is 14.3 Å². The van der Waals surface area contributed by atoms with E-state index < -0.39 is 5.60 Å². The van der Waals surface area contributed by atoms with E-state index in [-0.39, 0.29) is 17.4 Å². The number of nitrogens with one attached hydrogen (secondary N) is 1. The highest BCUT2D eigenvalue weighted by Crippen LogP contribution is 2.36. The highest BCUT2D eigenvalue weighted by molar-refractivity contribution is 5.89. The summed E-state index contributed by atoms with van der Waals surface area (Å²) in [6.45, 7) is 7.56. The minimum absolute atomic E-state index is 0.140. The van der Waals surface area contributed by atoms with Crippen LogP contribution in [0, 0.1) is 5.41 Å². The predicted octanol–water partition coefficient (Wildman–Crippen LogP) is 1.13. The van der Waals surface area contributed by atoms with Gasteiger partial charge >= 0.3 is 6.09 Å². The van der Waals surface area contributed by atoms with Gasteiger partial charge in [-0.3, -0.25) is 4.79 Å². The maximum absolute atomic E-state index is 11.8. The van der Waals surface area contributed by atoms with Gasteiger partial charge in [0, 0.05) is 19.6 Å². The van der Waals surface area contributed by atoms with Crippen molar-refractivity contribution in [2.75, 3.05) is 19.6 Å². The molecule has 0 aromatic carbocycles. The molecule has 1 spiro atoms. The van der Waals surface area contributed by atoms with E-state index in [4.69, 9.17) is 4.74 Å². The van der Waals surface area contributed by atoms with E-state index >= 15 is 0 Å². The SMILES string of the molecule is CC(C)(C)OC(=O)N1CCC2(CC1)CNC2=O. The number of hydrogen-bond acceptors (Lipinski definition) is 3. The normalized spacial score (nSPS) is 23.0. The van der Waals surface area contributed by atoms with Crippen LogP contribution in [0.2, 0.25) is 0 Å². The third-order valence-corrected chi connectivity index (χ3v) is 3.44. The first-order valence-corrected chi connectivity index (χ1v) is 6.09. The van der Waals surface area contributed by atoms with Gasteiger partial charge in [-0.15, -0.1) is 0 Å². The number of β-lactam (4-membered cyclic amide) rings is 1. The zero-order valence-corrected chi connectivity index (χ0v) is 10.7. The lowest BCUT2D eigenvalue weighted by Crippen LogP contribution is -2.63. The Kier molecular flexibility index (Phi) is 2.79. The lowest BCUT2D eigenvalue weighted by atomic mass is 9.73. The summed E-state index contributed by atoms with van der Waals surface area (Å²) in [6.07, 6.45) is 1.22. The number of piperidine rings is 1. The molecule has 96 valence electrons. The fraction of sp³-hybridized carbons (Fsp3) is 0.833. The summed E-state index contributed by atoms with van der Waals surface area (Å²) in [4.78, 5) is 25.0. The van der Waals surface area contributed by atoms with Crippen molar-refractivity contribution in [2.45, 2.75) is 39.2 Å². The summed E-state index contributed by atoms with van der Waals surface area (Å²) < 4.78 is 5.31. The van der Waals surface area contributed by atoms with Crippen LogP contribution in [-0.2, 0) is 9.53 Å². The Morgan fingerprint density at radius 2 is 1.94 bits per heavy atom. The summed E-state index contributed by atoms with van der Waals surface area (Å²) in [5.74, 6) is 0.140. The first kappa shape index (κ1) is 12.2. The number of hydrogen-bond donors (Lipinski definition) is 1. The van der Waals surface area contributed by atoms with Crippen molar-refractivity contribution in [1.82, 2.24) is 10.2 Å². The molecule has 2 fully saturated rings. The van der Waals surface area contributed by atoms with Crippen LogP contribution in [0.5, 0.6) is 0 Å². The number of carbonyl (C=O) groups is 2. The lowest BCUT2D eigenvalue weighted by molar-refractivity contribution is -0.143. The molecule has 1 N–H and O–H groups in total. The number of nitrogens with zero attached hydrogens (tertiary/aromatic N) is 1. The van der Waals surface area contributed by atoms with Crippen LogP contribution in [0.4, 0.5) is 4.79 Å². The quantitative estimate of drug-likeness (QED) is 0.646. The topological polar surface area (TPSA) is 58.6 Å². The summed E-state index contributed by atoms with van der Waals surface area (Å²) in [5.41, 5.74) is -0.654. The van der Waals surface area contributed by atoms with E-state index in [1.54, 1.807) is 4.90 Å². The van der Waals surface area contributed by atoms with Gasteiger partial charge in [-0.25, -0.2) is 4.79 Å². The van der Waals surface area contributed by atoms with Gasteiger partial charge < -0.3 is 15.0 Å². The lowest BCUT2D eigenvalue weighted by Gasteiger charge is -2.46. The van der Waals surface area contributed by atoms with Crippen molar-refractivity contribution in [2.24, 2.45) is 5.41 Å². The summed E-state index contributed by atoms with van der Waals surface area (Å²) in [5, 5.41) is 2.78. The second-order valence-electron chi connectivity index (χ2n) is 5.93. The van der Waals surface area contributed by atoms with E-state index in [0.29, 0.717) is 13.1 Å². The Hall–Kier alpha value is -1.26. The van der Waals surface area contributed by atoms with Crippen LogP contribution in [0.15, 0.2) is 0 Å². The zero-order chi connectivity index (χ0) is 12.7. The fourth-order valence-electron chi connectivity index (χ4n) is 2.26. The van der Waals surface area contributed by atoms with E-state index in [0.717, 1.165) is 19.4 Å². The monoisotopic (exact) mass is 240 g/mol. The van der Waals surface area contributed by atoms with Crippen molar-refractivity contribution >= 4 is 12.0 Å². The largest absolute Gasteiger partial charge is 0.444 e. The molecule has 0 bridgehead atoms. The van der Waals surface area contributed by atoms with Crippen molar-refractivity contribution in [3.63, 3.8) is 0 Å². The molecule has 0 aliphatic carbocycles. The molecule has 2 heterocycles. The molecule has 0 aromatic heterocycles. The van der Waals surface area contributed by atoms with Gasteiger partial charge in [0.05, 0.1) is 5.41 Å². The molecule has 0 unspecified atom stereocenters. The Morgan fingerprint density at radius 3 is 2.29 bits per heavy atom. The van der Waals surface area contributed by atoms with Crippen molar-refractivity contribution in [3.05, 3.63) is 0 Å². The zero-order valence-electron chi connectivity index (χ0n) is 10.7. The van der Waals surface area contributed by atoms with Crippen LogP contribution in [0.1, 0.15) is 33.6 Å². The molecule has 2 aliphatic heterocycles. The molecule has 17 heavy (non-hydrogen) atoms. The standard InChI is InChI=1S/C12H20N2O3/c1-11(2,3)17-10(16)14-6-4-12(5-7-14)8-13-9(12)15/h4-8H2,1-3H3,(H,13,15). The second-order valence-corrected chi connectivity index (χ2v) is 5.93. The van der Waals surface area contributed by atoms with Gasteiger partial charge in [0.25, 0.3) is 0 Å². The van der Waals surface area contributed by atoms with E-state index in [2.05, 4.69) is 5.32 Å². The molecule has 0 aromatic rings. The molecule has 2 amide bonds. The minimum atomic E-state index is -0.458. The summed E-state index contributed by atoms with van der Waals surface area (Å²) >= 11 is 0. The van der Waals surface area contributed by atoms with Crippen LogP contribution in [0.3, 0.4) is 0 Å². The molecular formula is C12H20N2O3. The molecule has 0 radical (unpaired) electrons. The molecule has 0 atom stereocenters. The average Bonchev–Trinajstić information content (AvgIpc) is 2.25. The molecule has 5 nitrogen and oxygen atoms in total. The Morgan fingerprint density at radius 1 is 1.35 bits per heavy atom. The number of amides is 2. The van der Waals surface area contributed by atoms with Crippen molar-refractivity contribution in [3.8, 4) is 0 Å². The third-order valence-electron chi connectivity index (χ3n) is 3.44. The molecule has 2 aliphatic rings. The first-order valence-electron chi connectivity index (χ1n) is 6.09. The van der Waals surface area contributed by atoms with E-state index in [1.165, 1.54) is 0 Å². The van der Waals surface area contributed by atoms with Gasteiger partial charge in [0.15, 0.2) is 0 Å². The third kappa shape index (κ3) is 2.37. The minimum Gasteiger partial charge on any atom is -0.444 e. The first-order chi connectivity index (χ1) is 7.82. The van der Waals surface area contributed by atoms with Crippen LogP contribution in [-0.4, -0.2) is 42.1 Å². The number of carbonyl (C=O) groups excluding carboxylic acids is 2. The van der Waals surface area contributed by atoms with Crippen molar-refractivity contribution in [1.29, 1.82) is 0 Å². The highest BCUT2D eigenvalue weighted by Gasteiger charge is 2.48. The number of rotatable bonds is 0. The van der Waals surface area contributed by atoms with Gasteiger partial charge in [0.1, 0.15) is 5.60 Å². The van der Waals surface area contributed by atoms with E-state index in [9.17, 15) is 9.59 Å². The molecule has 2 rings (SSSR count). The summed E-state index contributed by atoms with van der Waals surface area (Å²) in [6, 6.07) is 0. The Labute approximate surface area is 101 Å². The maximum atomic E-state index is 11.8. The van der Waals surface area contributed by atoms with Gasteiger partial charge in [-0.2, -0.15) is 0 Å². The molecule has 0 saturated carbocycles. The maximum Gasteiger partial charge on any atom is 0.410 e. The average molecular weight is 240 g/mol. The number of ether oxygens (including phenoxy) is 1. The smallest absolute Gasteiger partial charge is 0.410 e.